The predicted molar refractivity (Wildman–Crippen MR) is 76.2 cm³/mol. The highest BCUT2D eigenvalue weighted by Gasteiger charge is 2.35. The Morgan fingerprint density at radius 1 is 1.36 bits per heavy atom. The van der Waals surface area contributed by atoms with Crippen molar-refractivity contribution in [3.8, 4) is 0 Å². The van der Waals surface area contributed by atoms with Crippen molar-refractivity contribution >= 4 is 5.91 Å². The van der Waals surface area contributed by atoms with E-state index in [0.717, 1.165) is 36.4 Å². The van der Waals surface area contributed by atoms with E-state index in [9.17, 15) is 18.0 Å². The topological polar surface area (TPSA) is 46.9 Å². The molecule has 0 unspecified atom stereocenters. The fraction of sp³-hybridized carbons (Fsp3) is 0.733. The molecule has 1 atom stereocenters. The molecule has 1 aliphatic rings. The summed E-state index contributed by atoms with van der Waals surface area (Å²) in [5.74, 6) is 0.396. The number of aromatic nitrogens is 2. The molecule has 0 aliphatic heterocycles. The van der Waals surface area contributed by atoms with E-state index >= 15 is 0 Å². The van der Waals surface area contributed by atoms with Gasteiger partial charge in [-0.1, -0.05) is 6.92 Å². The molecule has 1 heterocycles. The summed E-state index contributed by atoms with van der Waals surface area (Å²) in [6.07, 6.45) is -0.514. The lowest BCUT2D eigenvalue weighted by Crippen LogP contribution is -2.41. The minimum absolute atomic E-state index is 0.115. The van der Waals surface area contributed by atoms with Crippen LogP contribution in [0, 0.1) is 12.8 Å². The van der Waals surface area contributed by atoms with Gasteiger partial charge in [0.1, 0.15) is 6.04 Å². The summed E-state index contributed by atoms with van der Waals surface area (Å²) in [5, 5.41) is 6.47. The maximum atomic E-state index is 12.7. The van der Waals surface area contributed by atoms with Gasteiger partial charge in [-0.15, -0.1) is 0 Å². The zero-order valence-electron chi connectivity index (χ0n) is 13.1. The Bertz CT molecular complexity index is 531. The largest absolute Gasteiger partial charge is 0.435 e. The van der Waals surface area contributed by atoms with Crippen LogP contribution < -0.4 is 5.32 Å². The van der Waals surface area contributed by atoms with Crippen LogP contribution in [0.3, 0.4) is 0 Å². The highest BCUT2D eigenvalue weighted by atomic mass is 19.4. The summed E-state index contributed by atoms with van der Waals surface area (Å²) in [7, 11) is 0. The van der Waals surface area contributed by atoms with Crippen LogP contribution in [0.5, 0.6) is 0 Å². The number of hydrogen-bond donors (Lipinski definition) is 1. The second-order valence-electron chi connectivity index (χ2n) is 6.25. The Morgan fingerprint density at radius 2 is 1.95 bits per heavy atom. The number of aryl methyl sites for hydroxylation is 1. The van der Waals surface area contributed by atoms with Crippen molar-refractivity contribution in [2.75, 3.05) is 0 Å². The molecule has 124 valence electrons. The number of alkyl halides is 3. The van der Waals surface area contributed by atoms with Crippen molar-refractivity contribution in [3.05, 3.63) is 17.5 Å². The first-order chi connectivity index (χ1) is 10.2. The molecular weight excluding hydrogens is 295 g/mol. The van der Waals surface area contributed by atoms with E-state index < -0.39 is 17.9 Å². The molecule has 7 heteroatoms. The average Bonchev–Trinajstić information content (AvgIpc) is 2.82. The highest BCUT2D eigenvalue weighted by molar-refractivity contribution is 5.80. The number of carbonyl (C=O) groups is 1. The van der Waals surface area contributed by atoms with Crippen LogP contribution in [0.15, 0.2) is 6.07 Å². The number of rotatable bonds is 3. The normalized spacial score (nSPS) is 24.1. The van der Waals surface area contributed by atoms with E-state index in [4.69, 9.17) is 0 Å². The molecule has 1 N–H and O–H groups in total. The molecule has 1 fully saturated rings. The van der Waals surface area contributed by atoms with Crippen LogP contribution in [0.25, 0.3) is 0 Å². The Labute approximate surface area is 128 Å². The maximum Gasteiger partial charge on any atom is 0.435 e. The summed E-state index contributed by atoms with van der Waals surface area (Å²) in [6.45, 7) is 5.28. The van der Waals surface area contributed by atoms with Crippen LogP contribution in [0.4, 0.5) is 13.2 Å². The zero-order valence-corrected chi connectivity index (χ0v) is 13.1. The average molecular weight is 317 g/mol. The lowest BCUT2D eigenvalue weighted by molar-refractivity contribution is -0.142. The van der Waals surface area contributed by atoms with E-state index in [1.165, 1.54) is 6.92 Å². The van der Waals surface area contributed by atoms with Gasteiger partial charge in [0.2, 0.25) is 5.91 Å². The third-order valence-corrected chi connectivity index (χ3v) is 4.32. The molecule has 1 aromatic rings. The standard InChI is InChI=1S/C15H22F3N3O/c1-9-4-6-12(7-5-9)19-14(22)11(3)21-10(2)8-13(20-21)15(16,17)18/h8-9,11-12H,4-7H2,1-3H3,(H,19,22)/t9?,11-,12?/m0/s1. The lowest BCUT2D eigenvalue weighted by Gasteiger charge is -2.28. The van der Waals surface area contributed by atoms with Gasteiger partial charge in [-0.05, 0) is 51.5 Å². The van der Waals surface area contributed by atoms with Gasteiger partial charge in [-0.3, -0.25) is 9.48 Å². The molecule has 0 bridgehead atoms. The van der Waals surface area contributed by atoms with Crippen LogP contribution in [-0.2, 0) is 11.0 Å². The molecule has 0 spiro atoms. The van der Waals surface area contributed by atoms with Gasteiger partial charge in [0.25, 0.3) is 0 Å². The third kappa shape index (κ3) is 3.81. The molecule has 0 saturated heterocycles. The molecule has 0 radical (unpaired) electrons. The number of nitrogens with zero attached hydrogens (tertiary/aromatic N) is 2. The van der Waals surface area contributed by atoms with Gasteiger partial charge in [0, 0.05) is 11.7 Å². The minimum Gasteiger partial charge on any atom is -0.352 e. The highest BCUT2D eigenvalue weighted by Crippen LogP contribution is 2.29. The first-order valence-corrected chi connectivity index (χ1v) is 7.62. The predicted octanol–water partition coefficient (Wildman–Crippen LogP) is 3.47. The maximum absolute atomic E-state index is 12.7. The quantitative estimate of drug-likeness (QED) is 0.928. The molecule has 1 amide bonds. The van der Waals surface area contributed by atoms with Crippen molar-refractivity contribution in [1.29, 1.82) is 0 Å². The van der Waals surface area contributed by atoms with E-state index in [2.05, 4.69) is 17.3 Å². The summed E-state index contributed by atoms with van der Waals surface area (Å²) >= 11 is 0. The van der Waals surface area contributed by atoms with Crippen LogP contribution >= 0.6 is 0 Å². The number of nitrogens with one attached hydrogen (secondary N) is 1. The molecule has 2 rings (SSSR count). The lowest BCUT2D eigenvalue weighted by atomic mass is 9.87. The van der Waals surface area contributed by atoms with Crippen molar-refractivity contribution < 1.29 is 18.0 Å². The number of halogens is 3. The van der Waals surface area contributed by atoms with Crippen molar-refractivity contribution in [2.45, 2.75) is 64.7 Å². The van der Waals surface area contributed by atoms with Crippen LogP contribution in [0.1, 0.15) is 57.0 Å². The van der Waals surface area contributed by atoms with Gasteiger partial charge in [0.15, 0.2) is 5.69 Å². The van der Waals surface area contributed by atoms with E-state index in [1.807, 2.05) is 0 Å². The number of hydrogen-bond acceptors (Lipinski definition) is 2. The Kier molecular flexibility index (Phi) is 4.82. The molecule has 1 aromatic heterocycles. The summed E-state index contributed by atoms with van der Waals surface area (Å²) in [6, 6.07) is 0.325. The molecular formula is C15H22F3N3O. The fourth-order valence-electron chi connectivity index (χ4n) is 2.86. The Balaban J connectivity index is 2.03. The van der Waals surface area contributed by atoms with Crippen LogP contribution in [0.2, 0.25) is 0 Å². The van der Waals surface area contributed by atoms with Crippen molar-refractivity contribution in [3.63, 3.8) is 0 Å². The number of amides is 1. The minimum atomic E-state index is -4.49. The monoisotopic (exact) mass is 317 g/mol. The Morgan fingerprint density at radius 3 is 2.45 bits per heavy atom. The summed E-state index contributed by atoms with van der Waals surface area (Å²) in [4.78, 5) is 12.3. The van der Waals surface area contributed by atoms with Crippen molar-refractivity contribution in [1.82, 2.24) is 15.1 Å². The SMILES string of the molecule is Cc1cc(C(F)(F)F)nn1[C@@H](C)C(=O)NC1CCC(C)CC1. The van der Waals surface area contributed by atoms with Gasteiger partial charge >= 0.3 is 6.18 Å². The first kappa shape index (κ1) is 16.8. The van der Waals surface area contributed by atoms with Gasteiger partial charge in [-0.2, -0.15) is 18.3 Å². The second-order valence-corrected chi connectivity index (χ2v) is 6.25. The van der Waals surface area contributed by atoms with Gasteiger partial charge in [0.05, 0.1) is 0 Å². The molecule has 1 aliphatic carbocycles. The first-order valence-electron chi connectivity index (χ1n) is 7.62. The third-order valence-electron chi connectivity index (χ3n) is 4.32. The molecule has 1 saturated carbocycles. The summed E-state index contributed by atoms with van der Waals surface area (Å²) in [5.41, 5.74) is -0.636. The van der Waals surface area contributed by atoms with Gasteiger partial charge < -0.3 is 5.32 Å². The second kappa shape index (κ2) is 6.30. The fourth-order valence-corrected chi connectivity index (χ4v) is 2.86. The van der Waals surface area contributed by atoms with E-state index in [-0.39, 0.29) is 11.9 Å². The number of carbonyl (C=O) groups excluding carboxylic acids is 1. The zero-order chi connectivity index (χ0) is 16.5. The molecule has 22 heavy (non-hydrogen) atoms. The molecule has 0 aromatic carbocycles. The van der Waals surface area contributed by atoms with E-state index in [0.29, 0.717) is 11.6 Å². The van der Waals surface area contributed by atoms with Crippen LogP contribution in [-0.4, -0.2) is 21.7 Å². The van der Waals surface area contributed by atoms with E-state index in [1.54, 1.807) is 6.92 Å². The van der Waals surface area contributed by atoms with Gasteiger partial charge in [-0.25, -0.2) is 0 Å². The molecule has 4 nitrogen and oxygen atoms in total. The smallest absolute Gasteiger partial charge is 0.352 e. The summed E-state index contributed by atoms with van der Waals surface area (Å²) < 4.78 is 39.2. The Hall–Kier alpha value is -1.53. The van der Waals surface area contributed by atoms with Crippen molar-refractivity contribution in [2.24, 2.45) is 5.92 Å².